The zero-order valence-corrected chi connectivity index (χ0v) is 13.8. The summed E-state index contributed by atoms with van der Waals surface area (Å²) in [4.78, 5) is 2.49. The number of anilines is 2. The predicted octanol–water partition coefficient (Wildman–Crippen LogP) is 4.32. The molecule has 1 atom stereocenters. The monoisotopic (exact) mass is 290 g/mol. The molecular formula is C18H30N2O. The van der Waals surface area contributed by atoms with Gasteiger partial charge in [0.1, 0.15) is 5.75 Å². The second kappa shape index (κ2) is 7.58. The highest BCUT2D eigenvalue weighted by molar-refractivity contribution is 5.62. The second-order valence-electron chi connectivity index (χ2n) is 6.49. The van der Waals surface area contributed by atoms with E-state index in [4.69, 9.17) is 10.5 Å². The molecule has 1 aliphatic rings. The maximum absolute atomic E-state index is 6.01. The summed E-state index contributed by atoms with van der Waals surface area (Å²) in [6.07, 6.45) is 4.91. The van der Waals surface area contributed by atoms with E-state index in [9.17, 15) is 0 Å². The number of hydrogen-bond acceptors (Lipinski definition) is 3. The van der Waals surface area contributed by atoms with Gasteiger partial charge in [-0.05, 0) is 49.7 Å². The third kappa shape index (κ3) is 4.29. The summed E-state index contributed by atoms with van der Waals surface area (Å²) in [6.45, 7) is 9.81. The van der Waals surface area contributed by atoms with Crippen molar-refractivity contribution in [3.63, 3.8) is 0 Å². The van der Waals surface area contributed by atoms with Crippen LogP contribution < -0.4 is 15.4 Å². The van der Waals surface area contributed by atoms with Crippen LogP contribution in [0.2, 0.25) is 0 Å². The molecule has 3 nitrogen and oxygen atoms in total. The van der Waals surface area contributed by atoms with E-state index in [-0.39, 0.29) is 0 Å². The van der Waals surface area contributed by atoms with Crippen LogP contribution in [0.25, 0.3) is 0 Å². The number of ether oxygens (including phenoxy) is 1. The Labute approximate surface area is 129 Å². The molecule has 0 spiro atoms. The van der Waals surface area contributed by atoms with Crippen LogP contribution in [-0.2, 0) is 0 Å². The van der Waals surface area contributed by atoms with Crippen molar-refractivity contribution in [2.75, 3.05) is 30.3 Å². The zero-order valence-electron chi connectivity index (χ0n) is 13.8. The first-order chi connectivity index (χ1) is 10.1. The van der Waals surface area contributed by atoms with Gasteiger partial charge in [0.25, 0.3) is 0 Å². The number of rotatable bonds is 5. The highest BCUT2D eigenvalue weighted by Crippen LogP contribution is 2.31. The Bertz CT molecular complexity index is 445. The van der Waals surface area contributed by atoms with Crippen molar-refractivity contribution in [3.05, 3.63) is 18.2 Å². The Hall–Kier alpha value is -1.38. The predicted molar refractivity (Wildman–Crippen MR) is 91.0 cm³/mol. The van der Waals surface area contributed by atoms with Crippen molar-refractivity contribution in [1.29, 1.82) is 0 Å². The molecule has 0 aromatic heterocycles. The minimum absolute atomic E-state index is 0.725. The van der Waals surface area contributed by atoms with Crippen LogP contribution in [0.3, 0.4) is 0 Å². The van der Waals surface area contributed by atoms with Crippen molar-refractivity contribution >= 4 is 11.4 Å². The number of nitrogens with zero attached hydrogens (tertiary/aromatic N) is 1. The van der Waals surface area contributed by atoms with E-state index in [0.29, 0.717) is 0 Å². The van der Waals surface area contributed by atoms with Crippen molar-refractivity contribution < 1.29 is 4.74 Å². The smallest absolute Gasteiger partial charge is 0.144 e. The van der Waals surface area contributed by atoms with Gasteiger partial charge in [-0.3, -0.25) is 0 Å². The zero-order chi connectivity index (χ0) is 15.2. The van der Waals surface area contributed by atoms with E-state index in [1.165, 1.54) is 24.9 Å². The van der Waals surface area contributed by atoms with Gasteiger partial charge in [-0.2, -0.15) is 0 Å². The largest absolute Gasteiger partial charge is 0.491 e. The fraction of sp³-hybridized carbons (Fsp3) is 0.667. The minimum atomic E-state index is 0.725. The van der Waals surface area contributed by atoms with Gasteiger partial charge in [-0.25, -0.2) is 0 Å². The lowest BCUT2D eigenvalue weighted by atomic mass is 9.89. The number of hydrogen-bond donors (Lipinski definition) is 1. The number of nitrogen functional groups attached to an aromatic ring is 1. The molecule has 0 amide bonds. The fourth-order valence-electron chi connectivity index (χ4n) is 3.10. The van der Waals surface area contributed by atoms with Crippen LogP contribution in [0.5, 0.6) is 5.75 Å². The molecule has 0 saturated carbocycles. The third-order valence-corrected chi connectivity index (χ3v) is 4.54. The van der Waals surface area contributed by atoms with E-state index in [1.807, 2.05) is 6.07 Å². The molecular weight excluding hydrogens is 260 g/mol. The molecule has 1 unspecified atom stereocenters. The van der Waals surface area contributed by atoms with Gasteiger partial charge in [0, 0.05) is 24.8 Å². The first kappa shape index (κ1) is 16.0. The lowest BCUT2D eigenvalue weighted by Gasteiger charge is -2.24. The number of nitrogens with two attached hydrogens (primary N) is 1. The minimum Gasteiger partial charge on any atom is -0.491 e. The van der Waals surface area contributed by atoms with Crippen molar-refractivity contribution in [2.24, 2.45) is 11.8 Å². The molecule has 2 rings (SSSR count). The lowest BCUT2D eigenvalue weighted by molar-refractivity contribution is 0.319. The number of benzene rings is 1. The Morgan fingerprint density at radius 3 is 2.81 bits per heavy atom. The fourth-order valence-corrected chi connectivity index (χ4v) is 3.10. The van der Waals surface area contributed by atoms with E-state index in [2.05, 4.69) is 37.8 Å². The maximum atomic E-state index is 6.01. The van der Waals surface area contributed by atoms with Gasteiger partial charge in [0.05, 0.1) is 12.3 Å². The molecule has 2 N–H and O–H groups in total. The van der Waals surface area contributed by atoms with Gasteiger partial charge < -0.3 is 15.4 Å². The molecule has 118 valence electrons. The molecule has 1 heterocycles. The first-order valence-corrected chi connectivity index (χ1v) is 8.39. The van der Waals surface area contributed by atoms with Crippen LogP contribution in [-0.4, -0.2) is 19.7 Å². The van der Waals surface area contributed by atoms with Gasteiger partial charge in [0.15, 0.2) is 0 Å². The van der Waals surface area contributed by atoms with Gasteiger partial charge >= 0.3 is 0 Å². The molecule has 0 aliphatic carbocycles. The van der Waals surface area contributed by atoms with Crippen LogP contribution in [0, 0.1) is 11.8 Å². The van der Waals surface area contributed by atoms with Crippen LogP contribution in [0.15, 0.2) is 18.2 Å². The average Bonchev–Trinajstić information content (AvgIpc) is 2.72. The quantitative estimate of drug-likeness (QED) is 0.821. The molecule has 3 heteroatoms. The molecule has 1 aliphatic heterocycles. The summed E-state index contributed by atoms with van der Waals surface area (Å²) in [6, 6.07) is 6.22. The molecule has 1 saturated heterocycles. The standard InChI is InChI=1S/C18H30N2O/c1-4-12-21-18-13-16(7-8-17(18)19)20-10-5-6-15(9-11-20)14(2)3/h7-8,13-15H,4-6,9-12,19H2,1-3H3. The van der Waals surface area contributed by atoms with Crippen LogP contribution >= 0.6 is 0 Å². The third-order valence-electron chi connectivity index (χ3n) is 4.54. The SMILES string of the molecule is CCCOc1cc(N2CCCC(C(C)C)CC2)ccc1N. The van der Waals surface area contributed by atoms with Crippen molar-refractivity contribution in [2.45, 2.75) is 46.5 Å². The summed E-state index contributed by atoms with van der Waals surface area (Å²) < 4.78 is 5.76. The molecule has 0 bridgehead atoms. The summed E-state index contributed by atoms with van der Waals surface area (Å²) in [5.41, 5.74) is 8.00. The Kier molecular flexibility index (Phi) is 5.77. The molecule has 1 fully saturated rings. The average molecular weight is 290 g/mol. The van der Waals surface area contributed by atoms with E-state index < -0.39 is 0 Å². The molecule has 1 aromatic rings. The summed E-state index contributed by atoms with van der Waals surface area (Å²) in [7, 11) is 0. The summed E-state index contributed by atoms with van der Waals surface area (Å²) in [5, 5.41) is 0. The molecule has 21 heavy (non-hydrogen) atoms. The van der Waals surface area contributed by atoms with E-state index >= 15 is 0 Å². The van der Waals surface area contributed by atoms with Crippen molar-refractivity contribution in [1.82, 2.24) is 0 Å². The molecule has 0 radical (unpaired) electrons. The first-order valence-electron chi connectivity index (χ1n) is 8.39. The van der Waals surface area contributed by atoms with Crippen molar-refractivity contribution in [3.8, 4) is 5.75 Å². The Morgan fingerprint density at radius 2 is 2.10 bits per heavy atom. The van der Waals surface area contributed by atoms with E-state index in [1.54, 1.807) is 0 Å². The van der Waals surface area contributed by atoms with Crippen LogP contribution in [0.1, 0.15) is 46.5 Å². The summed E-state index contributed by atoms with van der Waals surface area (Å²) >= 11 is 0. The topological polar surface area (TPSA) is 38.5 Å². The maximum Gasteiger partial charge on any atom is 0.144 e. The van der Waals surface area contributed by atoms with E-state index in [0.717, 1.165) is 49.4 Å². The second-order valence-corrected chi connectivity index (χ2v) is 6.49. The highest BCUT2D eigenvalue weighted by atomic mass is 16.5. The lowest BCUT2D eigenvalue weighted by Crippen LogP contribution is -2.24. The van der Waals surface area contributed by atoms with Gasteiger partial charge in [-0.1, -0.05) is 20.8 Å². The normalized spacial score (nSPS) is 19.6. The van der Waals surface area contributed by atoms with Gasteiger partial charge in [0.2, 0.25) is 0 Å². The Morgan fingerprint density at radius 1 is 1.29 bits per heavy atom. The Balaban J connectivity index is 2.07. The molecule has 1 aromatic carbocycles. The highest BCUT2D eigenvalue weighted by Gasteiger charge is 2.20. The van der Waals surface area contributed by atoms with Gasteiger partial charge in [-0.15, -0.1) is 0 Å². The summed E-state index contributed by atoms with van der Waals surface area (Å²) in [5.74, 6) is 2.48. The van der Waals surface area contributed by atoms with Crippen LogP contribution in [0.4, 0.5) is 11.4 Å².